The van der Waals surface area contributed by atoms with Gasteiger partial charge in [0.15, 0.2) is 0 Å². The summed E-state index contributed by atoms with van der Waals surface area (Å²) in [6.07, 6.45) is 0. The molecule has 0 amide bonds. The Hall–Kier alpha value is -2.00. The zero-order chi connectivity index (χ0) is 14.1. The first-order chi connectivity index (χ1) is 9.70. The van der Waals surface area contributed by atoms with Crippen LogP contribution < -0.4 is 4.74 Å². The van der Waals surface area contributed by atoms with E-state index in [2.05, 4.69) is 4.57 Å². The van der Waals surface area contributed by atoms with E-state index in [9.17, 15) is 0 Å². The van der Waals surface area contributed by atoms with E-state index in [1.54, 1.807) is 0 Å². The molecule has 4 heteroatoms. The Balaban J connectivity index is 2.20. The standard InChI is InChI=1S/C16H15ClN2O/c1-3-20-14-6-4-5-13-15(14)19(2)16(18-13)11-7-9-12(17)10-8-11/h4-10H,3H2,1-2H3. The molecule has 0 saturated carbocycles. The maximum absolute atomic E-state index is 5.94. The molecule has 0 unspecified atom stereocenters. The molecular formula is C16H15ClN2O. The molecule has 0 radical (unpaired) electrons. The number of hydrogen-bond donors (Lipinski definition) is 0. The van der Waals surface area contributed by atoms with Crippen LogP contribution in [0.3, 0.4) is 0 Å². The second kappa shape index (κ2) is 5.17. The summed E-state index contributed by atoms with van der Waals surface area (Å²) in [5.74, 6) is 1.77. The third-order valence-electron chi connectivity index (χ3n) is 3.26. The number of nitrogens with zero attached hydrogens (tertiary/aromatic N) is 2. The minimum Gasteiger partial charge on any atom is -0.492 e. The van der Waals surface area contributed by atoms with Gasteiger partial charge in [-0.15, -0.1) is 0 Å². The summed E-state index contributed by atoms with van der Waals surface area (Å²) in [7, 11) is 2.00. The molecule has 0 spiro atoms. The van der Waals surface area contributed by atoms with Crippen molar-refractivity contribution < 1.29 is 4.74 Å². The van der Waals surface area contributed by atoms with Gasteiger partial charge in [0.05, 0.1) is 12.1 Å². The summed E-state index contributed by atoms with van der Waals surface area (Å²) >= 11 is 5.94. The van der Waals surface area contributed by atoms with Gasteiger partial charge >= 0.3 is 0 Å². The molecule has 0 aliphatic rings. The SMILES string of the molecule is CCOc1cccc2nc(-c3ccc(Cl)cc3)n(C)c12. The van der Waals surface area contributed by atoms with Gasteiger partial charge in [-0.2, -0.15) is 0 Å². The third-order valence-corrected chi connectivity index (χ3v) is 3.51. The summed E-state index contributed by atoms with van der Waals surface area (Å²) in [5.41, 5.74) is 2.98. The van der Waals surface area contributed by atoms with Crippen molar-refractivity contribution in [2.45, 2.75) is 6.92 Å². The highest BCUT2D eigenvalue weighted by atomic mass is 35.5. The van der Waals surface area contributed by atoms with Crippen molar-refractivity contribution in [1.29, 1.82) is 0 Å². The predicted molar refractivity (Wildman–Crippen MR) is 82.3 cm³/mol. The largest absolute Gasteiger partial charge is 0.492 e. The quantitative estimate of drug-likeness (QED) is 0.718. The van der Waals surface area contributed by atoms with Crippen LogP contribution >= 0.6 is 11.6 Å². The van der Waals surface area contributed by atoms with Crippen molar-refractivity contribution >= 4 is 22.6 Å². The highest BCUT2D eigenvalue weighted by Gasteiger charge is 2.13. The highest BCUT2D eigenvalue weighted by molar-refractivity contribution is 6.30. The van der Waals surface area contributed by atoms with Crippen molar-refractivity contribution in [3.8, 4) is 17.1 Å². The molecule has 1 aromatic heterocycles. The van der Waals surface area contributed by atoms with Crippen LogP contribution in [-0.4, -0.2) is 16.2 Å². The summed E-state index contributed by atoms with van der Waals surface area (Å²) in [6.45, 7) is 2.62. The number of hydrogen-bond acceptors (Lipinski definition) is 2. The number of halogens is 1. The Kier molecular flexibility index (Phi) is 3.36. The molecule has 2 aromatic carbocycles. The van der Waals surface area contributed by atoms with Crippen LogP contribution in [0.4, 0.5) is 0 Å². The van der Waals surface area contributed by atoms with Gasteiger partial charge in [-0.1, -0.05) is 17.7 Å². The van der Waals surface area contributed by atoms with Crippen molar-refractivity contribution in [2.24, 2.45) is 7.05 Å². The minimum atomic E-state index is 0.639. The normalized spacial score (nSPS) is 10.9. The van der Waals surface area contributed by atoms with Crippen LogP contribution in [-0.2, 0) is 7.05 Å². The van der Waals surface area contributed by atoms with E-state index in [1.807, 2.05) is 56.4 Å². The smallest absolute Gasteiger partial charge is 0.145 e. The molecule has 0 bridgehead atoms. The van der Waals surface area contributed by atoms with Crippen molar-refractivity contribution in [2.75, 3.05) is 6.61 Å². The number of para-hydroxylation sites is 1. The zero-order valence-electron chi connectivity index (χ0n) is 11.4. The maximum atomic E-state index is 5.94. The minimum absolute atomic E-state index is 0.639. The molecule has 0 N–H and O–H groups in total. The fourth-order valence-corrected chi connectivity index (χ4v) is 2.49. The van der Waals surface area contributed by atoms with Gasteiger partial charge in [0.25, 0.3) is 0 Å². The first kappa shape index (κ1) is 13.0. The van der Waals surface area contributed by atoms with E-state index in [-0.39, 0.29) is 0 Å². The molecule has 3 aromatic rings. The number of ether oxygens (including phenoxy) is 1. The number of aryl methyl sites for hydroxylation is 1. The van der Waals surface area contributed by atoms with Gasteiger partial charge in [0.2, 0.25) is 0 Å². The zero-order valence-corrected chi connectivity index (χ0v) is 12.2. The highest BCUT2D eigenvalue weighted by Crippen LogP contribution is 2.30. The first-order valence-corrected chi connectivity index (χ1v) is 6.92. The van der Waals surface area contributed by atoms with E-state index < -0.39 is 0 Å². The van der Waals surface area contributed by atoms with Crippen LogP contribution in [0.2, 0.25) is 5.02 Å². The monoisotopic (exact) mass is 286 g/mol. The molecule has 1 heterocycles. The summed E-state index contributed by atoms with van der Waals surface area (Å²) < 4.78 is 7.75. The van der Waals surface area contributed by atoms with Gasteiger partial charge in [0, 0.05) is 17.6 Å². The molecule has 0 aliphatic carbocycles. The Morgan fingerprint density at radius 2 is 1.90 bits per heavy atom. The van der Waals surface area contributed by atoms with E-state index in [1.165, 1.54) is 0 Å². The molecular weight excluding hydrogens is 272 g/mol. The first-order valence-electron chi connectivity index (χ1n) is 6.55. The second-order valence-electron chi connectivity index (χ2n) is 4.56. The molecule has 3 nitrogen and oxygen atoms in total. The fraction of sp³-hybridized carbons (Fsp3) is 0.188. The lowest BCUT2D eigenvalue weighted by molar-refractivity contribution is 0.343. The summed E-state index contributed by atoms with van der Waals surface area (Å²) in [5, 5.41) is 0.725. The molecule has 20 heavy (non-hydrogen) atoms. The number of fused-ring (bicyclic) bond motifs is 1. The molecule has 0 saturated heterocycles. The van der Waals surface area contributed by atoms with Gasteiger partial charge in [-0.25, -0.2) is 4.98 Å². The number of imidazole rings is 1. The number of rotatable bonds is 3. The van der Waals surface area contributed by atoms with Gasteiger partial charge in [-0.05, 0) is 43.3 Å². The van der Waals surface area contributed by atoms with Gasteiger partial charge < -0.3 is 9.30 Å². The number of benzene rings is 2. The van der Waals surface area contributed by atoms with E-state index in [0.29, 0.717) is 6.61 Å². The van der Waals surface area contributed by atoms with Gasteiger partial charge in [0.1, 0.15) is 17.1 Å². The molecule has 102 valence electrons. The maximum Gasteiger partial charge on any atom is 0.145 e. The Bertz CT molecular complexity index is 747. The third kappa shape index (κ3) is 2.14. The lowest BCUT2D eigenvalue weighted by Gasteiger charge is -2.07. The lowest BCUT2D eigenvalue weighted by Crippen LogP contribution is -1.97. The summed E-state index contributed by atoms with van der Waals surface area (Å²) in [6, 6.07) is 13.6. The topological polar surface area (TPSA) is 27.1 Å². The molecule has 0 atom stereocenters. The van der Waals surface area contributed by atoms with Crippen LogP contribution in [0.1, 0.15) is 6.92 Å². The van der Waals surface area contributed by atoms with Crippen molar-refractivity contribution in [1.82, 2.24) is 9.55 Å². The van der Waals surface area contributed by atoms with Crippen LogP contribution in [0.25, 0.3) is 22.4 Å². The van der Waals surface area contributed by atoms with Crippen molar-refractivity contribution in [3.05, 3.63) is 47.5 Å². The van der Waals surface area contributed by atoms with Gasteiger partial charge in [-0.3, -0.25) is 0 Å². The summed E-state index contributed by atoms with van der Waals surface area (Å²) in [4.78, 5) is 4.69. The average molecular weight is 287 g/mol. The lowest BCUT2D eigenvalue weighted by atomic mass is 10.2. The van der Waals surface area contributed by atoms with Crippen LogP contribution in [0.15, 0.2) is 42.5 Å². The fourth-order valence-electron chi connectivity index (χ4n) is 2.36. The molecule has 3 rings (SSSR count). The number of aromatic nitrogens is 2. The van der Waals surface area contributed by atoms with Crippen LogP contribution in [0.5, 0.6) is 5.75 Å². The average Bonchev–Trinajstić information content (AvgIpc) is 2.79. The second-order valence-corrected chi connectivity index (χ2v) is 4.99. The molecule has 0 fully saturated rings. The molecule has 0 aliphatic heterocycles. The Morgan fingerprint density at radius 3 is 2.60 bits per heavy atom. The Morgan fingerprint density at radius 1 is 1.15 bits per heavy atom. The van der Waals surface area contributed by atoms with Crippen molar-refractivity contribution in [3.63, 3.8) is 0 Å². The van der Waals surface area contributed by atoms with Crippen LogP contribution in [0, 0.1) is 0 Å². The Labute approximate surface area is 122 Å². The predicted octanol–water partition coefficient (Wildman–Crippen LogP) is 4.29. The van der Waals surface area contributed by atoms with E-state index >= 15 is 0 Å². The van der Waals surface area contributed by atoms with E-state index in [0.717, 1.165) is 33.2 Å². The van der Waals surface area contributed by atoms with E-state index in [4.69, 9.17) is 21.3 Å².